The van der Waals surface area contributed by atoms with E-state index in [4.69, 9.17) is 0 Å². The van der Waals surface area contributed by atoms with Crippen LogP contribution in [0.5, 0.6) is 0 Å². The molecule has 0 saturated carbocycles. The Morgan fingerprint density at radius 2 is 1.85 bits per heavy atom. The maximum atomic E-state index is 14.0. The molecule has 0 bridgehead atoms. The van der Waals surface area contributed by atoms with E-state index < -0.39 is 11.6 Å². The van der Waals surface area contributed by atoms with Crippen LogP contribution in [0.3, 0.4) is 0 Å². The van der Waals surface area contributed by atoms with Crippen LogP contribution in [-0.2, 0) is 6.54 Å². The van der Waals surface area contributed by atoms with Crippen LogP contribution in [-0.4, -0.2) is 6.54 Å². The molecule has 2 aromatic carbocycles. The Kier molecular flexibility index (Phi) is 4.85. The lowest BCUT2D eigenvalue weighted by Gasteiger charge is -2.13. The van der Waals surface area contributed by atoms with Gasteiger partial charge in [0, 0.05) is 12.1 Å². The van der Waals surface area contributed by atoms with Crippen molar-refractivity contribution >= 4 is 0 Å². The summed E-state index contributed by atoms with van der Waals surface area (Å²) in [5, 5.41) is 3.30. The highest BCUT2D eigenvalue weighted by molar-refractivity contribution is 5.68. The van der Waals surface area contributed by atoms with Gasteiger partial charge in [-0.05, 0) is 37.1 Å². The van der Waals surface area contributed by atoms with E-state index >= 15 is 0 Å². The highest BCUT2D eigenvalue weighted by Crippen LogP contribution is 2.28. The van der Waals surface area contributed by atoms with Gasteiger partial charge >= 0.3 is 0 Å². The largest absolute Gasteiger partial charge is 0.313 e. The molecule has 1 nitrogen and oxygen atoms in total. The third kappa shape index (κ3) is 3.23. The fourth-order valence-corrected chi connectivity index (χ4v) is 2.21. The van der Waals surface area contributed by atoms with E-state index in [1.807, 2.05) is 25.1 Å². The van der Waals surface area contributed by atoms with Gasteiger partial charge in [-0.3, -0.25) is 0 Å². The number of aryl methyl sites for hydroxylation is 1. The first-order valence-corrected chi connectivity index (χ1v) is 6.88. The average molecular weight is 275 g/mol. The molecular weight excluding hydrogens is 256 g/mol. The van der Waals surface area contributed by atoms with Crippen molar-refractivity contribution in [3.8, 4) is 11.1 Å². The first-order chi connectivity index (χ1) is 9.63. The summed E-state index contributed by atoms with van der Waals surface area (Å²) in [4.78, 5) is 0. The lowest BCUT2D eigenvalue weighted by Crippen LogP contribution is -2.14. The Balaban J connectivity index is 2.43. The van der Waals surface area contributed by atoms with Crippen molar-refractivity contribution in [1.29, 1.82) is 0 Å². The molecule has 0 radical (unpaired) electrons. The monoisotopic (exact) mass is 275 g/mol. The van der Waals surface area contributed by atoms with Gasteiger partial charge in [0.15, 0.2) is 11.6 Å². The molecule has 20 heavy (non-hydrogen) atoms. The van der Waals surface area contributed by atoms with Gasteiger partial charge < -0.3 is 5.32 Å². The van der Waals surface area contributed by atoms with Crippen molar-refractivity contribution in [2.45, 2.75) is 26.8 Å². The fraction of sp³-hybridized carbons (Fsp3) is 0.294. The molecule has 0 heterocycles. The molecule has 0 spiro atoms. The second-order valence-corrected chi connectivity index (χ2v) is 4.94. The number of benzene rings is 2. The van der Waals surface area contributed by atoms with Gasteiger partial charge in [-0.1, -0.05) is 42.8 Å². The maximum Gasteiger partial charge on any atom is 0.166 e. The Bertz CT molecular complexity index is 594. The van der Waals surface area contributed by atoms with E-state index in [0.717, 1.165) is 35.7 Å². The third-order valence-corrected chi connectivity index (χ3v) is 3.25. The Morgan fingerprint density at radius 1 is 1.05 bits per heavy atom. The number of rotatable bonds is 5. The molecule has 1 N–H and O–H groups in total. The highest BCUT2D eigenvalue weighted by Gasteiger charge is 2.13. The van der Waals surface area contributed by atoms with Crippen LogP contribution in [0.15, 0.2) is 36.4 Å². The molecule has 3 heteroatoms. The topological polar surface area (TPSA) is 12.0 Å². The van der Waals surface area contributed by atoms with Crippen LogP contribution in [0, 0.1) is 18.6 Å². The van der Waals surface area contributed by atoms with Crippen LogP contribution in [0.25, 0.3) is 11.1 Å². The second-order valence-electron chi connectivity index (χ2n) is 4.94. The van der Waals surface area contributed by atoms with Crippen LogP contribution in [0.4, 0.5) is 8.78 Å². The molecule has 0 aliphatic carbocycles. The first-order valence-electron chi connectivity index (χ1n) is 6.88. The molecule has 0 atom stereocenters. The third-order valence-electron chi connectivity index (χ3n) is 3.25. The van der Waals surface area contributed by atoms with E-state index in [1.165, 1.54) is 0 Å². The average Bonchev–Trinajstić information content (AvgIpc) is 2.44. The minimum atomic E-state index is -0.809. The summed E-state index contributed by atoms with van der Waals surface area (Å²) in [7, 11) is 0. The lowest BCUT2D eigenvalue weighted by atomic mass is 9.97. The van der Waals surface area contributed by atoms with Crippen molar-refractivity contribution in [2.75, 3.05) is 6.54 Å². The van der Waals surface area contributed by atoms with E-state index in [2.05, 4.69) is 12.2 Å². The van der Waals surface area contributed by atoms with Gasteiger partial charge in [0.25, 0.3) is 0 Å². The molecule has 0 aromatic heterocycles. The smallest absolute Gasteiger partial charge is 0.166 e. The summed E-state index contributed by atoms with van der Waals surface area (Å²) in [6.45, 7) is 5.59. The van der Waals surface area contributed by atoms with E-state index in [0.29, 0.717) is 12.1 Å². The van der Waals surface area contributed by atoms with Gasteiger partial charge in [-0.15, -0.1) is 0 Å². The van der Waals surface area contributed by atoms with E-state index in [9.17, 15) is 8.78 Å². The number of nitrogens with one attached hydrogen (secondary N) is 1. The Labute approximate surface area is 118 Å². The normalized spacial score (nSPS) is 10.8. The van der Waals surface area contributed by atoms with Crippen LogP contribution in [0.2, 0.25) is 0 Å². The zero-order valence-electron chi connectivity index (χ0n) is 11.8. The van der Waals surface area contributed by atoms with Gasteiger partial charge in [0.2, 0.25) is 0 Å². The van der Waals surface area contributed by atoms with Gasteiger partial charge in [-0.2, -0.15) is 0 Å². The predicted octanol–water partition coefficient (Wildman–Crippen LogP) is 4.44. The SMILES string of the molecule is CCCNCc1ccc(C)cc1-c1cccc(F)c1F. The van der Waals surface area contributed by atoms with Crippen molar-refractivity contribution in [1.82, 2.24) is 5.32 Å². The molecule has 2 rings (SSSR count). The van der Waals surface area contributed by atoms with Gasteiger partial charge in [0.1, 0.15) is 0 Å². The second kappa shape index (κ2) is 6.62. The van der Waals surface area contributed by atoms with E-state index in [-0.39, 0.29) is 0 Å². The fourth-order valence-electron chi connectivity index (χ4n) is 2.21. The molecule has 2 aromatic rings. The summed E-state index contributed by atoms with van der Waals surface area (Å²) in [5.74, 6) is -1.59. The lowest BCUT2D eigenvalue weighted by molar-refractivity contribution is 0.511. The van der Waals surface area contributed by atoms with E-state index in [1.54, 1.807) is 12.1 Å². The first kappa shape index (κ1) is 14.7. The molecule has 0 unspecified atom stereocenters. The zero-order valence-corrected chi connectivity index (χ0v) is 11.8. The number of hydrogen-bond donors (Lipinski definition) is 1. The number of hydrogen-bond acceptors (Lipinski definition) is 1. The predicted molar refractivity (Wildman–Crippen MR) is 78.5 cm³/mol. The summed E-state index contributed by atoms with van der Waals surface area (Å²) in [5.41, 5.74) is 3.09. The summed E-state index contributed by atoms with van der Waals surface area (Å²) in [6, 6.07) is 10.2. The summed E-state index contributed by atoms with van der Waals surface area (Å²) in [6.07, 6.45) is 1.04. The van der Waals surface area contributed by atoms with Crippen molar-refractivity contribution in [3.63, 3.8) is 0 Å². The molecular formula is C17H19F2N. The van der Waals surface area contributed by atoms with Crippen molar-refractivity contribution < 1.29 is 8.78 Å². The van der Waals surface area contributed by atoms with Crippen LogP contribution in [0.1, 0.15) is 24.5 Å². The molecule has 106 valence electrons. The van der Waals surface area contributed by atoms with Crippen molar-refractivity contribution in [2.24, 2.45) is 0 Å². The molecule has 0 saturated heterocycles. The van der Waals surface area contributed by atoms with Gasteiger partial charge in [-0.25, -0.2) is 8.78 Å². The molecule has 0 amide bonds. The Morgan fingerprint density at radius 3 is 2.60 bits per heavy atom. The van der Waals surface area contributed by atoms with Gasteiger partial charge in [0.05, 0.1) is 0 Å². The zero-order chi connectivity index (χ0) is 14.5. The number of halogens is 2. The van der Waals surface area contributed by atoms with Crippen LogP contribution >= 0.6 is 0 Å². The molecule has 0 fully saturated rings. The standard InChI is InChI=1S/C17H19F2N/c1-3-9-20-11-13-8-7-12(2)10-15(13)14-5-4-6-16(18)17(14)19/h4-8,10,20H,3,9,11H2,1-2H3. The highest BCUT2D eigenvalue weighted by atomic mass is 19.2. The summed E-state index contributed by atoms with van der Waals surface area (Å²) < 4.78 is 27.4. The Hall–Kier alpha value is -1.74. The summed E-state index contributed by atoms with van der Waals surface area (Å²) >= 11 is 0. The molecule has 0 aliphatic heterocycles. The quantitative estimate of drug-likeness (QED) is 0.795. The van der Waals surface area contributed by atoms with Crippen LogP contribution < -0.4 is 5.32 Å². The maximum absolute atomic E-state index is 14.0. The van der Waals surface area contributed by atoms with Crippen molar-refractivity contribution in [3.05, 3.63) is 59.2 Å². The minimum absolute atomic E-state index is 0.321. The minimum Gasteiger partial charge on any atom is -0.313 e. The molecule has 0 aliphatic rings.